The molecule has 20 heavy (non-hydrogen) atoms. The third kappa shape index (κ3) is 3.53. The van der Waals surface area contributed by atoms with Crippen LogP contribution in [0.15, 0.2) is 0 Å². The van der Waals surface area contributed by atoms with Crippen molar-refractivity contribution in [1.29, 1.82) is 0 Å². The molecule has 2 aliphatic rings. The van der Waals surface area contributed by atoms with Crippen LogP contribution in [0.5, 0.6) is 0 Å². The van der Waals surface area contributed by atoms with Gasteiger partial charge in [-0.1, -0.05) is 20.3 Å². The maximum atomic E-state index is 12.9. The van der Waals surface area contributed by atoms with Crippen molar-refractivity contribution in [3.63, 3.8) is 0 Å². The van der Waals surface area contributed by atoms with Gasteiger partial charge in [0.1, 0.15) is 0 Å². The summed E-state index contributed by atoms with van der Waals surface area (Å²) in [5, 5.41) is 3.14. The summed E-state index contributed by atoms with van der Waals surface area (Å²) in [6.45, 7) is 7.08. The molecule has 2 fully saturated rings. The molecule has 118 valence electrons. The van der Waals surface area contributed by atoms with Gasteiger partial charge in [-0.25, -0.2) is 0 Å². The second-order valence-corrected chi connectivity index (χ2v) is 8.47. The summed E-state index contributed by atoms with van der Waals surface area (Å²) in [5.41, 5.74) is 0. The van der Waals surface area contributed by atoms with E-state index in [2.05, 4.69) is 19.2 Å². The van der Waals surface area contributed by atoms with Crippen molar-refractivity contribution in [2.45, 2.75) is 45.6 Å². The summed E-state index contributed by atoms with van der Waals surface area (Å²) in [6.07, 6.45) is 4.22. The number of piperidine rings is 2. The summed E-state index contributed by atoms with van der Waals surface area (Å²) in [5.74, 6) is 0.919. The predicted octanol–water partition coefficient (Wildman–Crippen LogP) is 1.28. The maximum Gasteiger partial charge on any atom is 0.282 e. The smallest absolute Gasteiger partial charge is 0.282 e. The minimum atomic E-state index is -3.30. The number of likely N-dealkylation sites (N-methyl/N-ethyl adjacent to an activating group) is 1. The van der Waals surface area contributed by atoms with Crippen molar-refractivity contribution in [1.82, 2.24) is 13.9 Å². The molecule has 0 saturated carbocycles. The predicted molar refractivity (Wildman–Crippen MR) is 81.7 cm³/mol. The zero-order chi connectivity index (χ0) is 14.8. The Balaban J connectivity index is 2.14. The summed E-state index contributed by atoms with van der Waals surface area (Å²) >= 11 is 0. The van der Waals surface area contributed by atoms with Crippen molar-refractivity contribution < 1.29 is 8.42 Å². The van der Waals surface area contributed by atoms with E-state index < -0.39 is 10.2 Å². The first kappa shape index (κ1) is 16.2. The Morgan fingerprint density at radius 1 is 1.15 bits per heavy atom. The maximum absolute atomic E-state index is 12.9. The van der Waals surface area contributed by atoms with Gasteiger partial charge in [-0.15, -0.1) is 0 Å². The Hall–Kier alpha value is -0.170. The second-order valence-electron chi connectivity index (χ2n) is 6.59. The molecule has 3 atom stereocenters. The first-order valence-corrected chi connectivity index (χ1v) is 9.26. The number of nitrogens with one attached hydrogen (secondary N) is 1. The third-order valence-corrected chi connectivity index (χ3v) is 6.50. The zero-order valence-corrected chi connectivity index (χ0v) is 13.8. The van der Waals surface area contributed by atoms with E-state index in [-0.39, 0.29) is 6.04 Å². The SMILES string of the molecule is CNCC1CCCCN1S(=O)(=O)N1CC(C)CC(C)C1. The van der Waals surface area contributed by atoms with Crippen molar-refractivity contribution in [2.75, 3.05) is 33.2 Å². The summed E-state index contributed by atoms with van der Waals surface area (Å²) in [6, 6.07) is 0.117. The van der Waals surface area contributed by atoms with Gasteiger partial charge in [0.2, 0.25) is 0 Å². The highest BCUT2D eigenvalue weighted by atomic mass is 32.2. The van der Waals surface area contributed by atoms with Crippen LogP contribution >= 0.6 is 0 Å². The summed E-state index contributed by atoms with van der Waals surface area (Å²) < 4.78 is 29.4. The fourth-order valence-electron chi connectivity index (χ4n) is 3.66. The lowest BCUT2D eigenvalue weighted by Gasteiger charge is -2.41. The van der Waals surface area contributed by atoms with E-state index in [0.717, 1.165) is 32.2 Å². The molecule has 0 aliphatic carbocycles. The third-order valence-electron chi connectivity index (χ3n) is 4.47. The van der Waals surface area contributed by atoms with Gasteiger partial charge >= 0.3 is 0 Å². The van der Waals surface area contributed by atoms with Crippen LogP contribution in [0.3, 0.4) is 0 Å². The fourth-order valence-corrected chi connectivity index (χ4v) is 5.76. The van der Waals surface area contributed by atoms with Crippen molar-refractivity contribution in [3.05, 3.63) is 0 Å². The summed E-state index contributed by atoms with van der Waals surface area (Å²) in [7, 11) is -1.40. The molecule has 0 aromatic rings. The van der Waals surface area contributed by atoms with E-state index in [9.17, 15) is 8.42 Å². The molecule has 1 N–H and O–H groups in total. The number of hydrogen-bond acceptors (Lipinski definition) is 3. The van der Waals surface area contributed by atoms with E-state index in [1.54, 1.807) is 8.61 Å². The van der Waals surface area contributed by atoms with Crippen LogP contribution in [0, 0.1) is 11.8 Å². The van der Waals surface area contributed by atoms with E-state index in [1.165, 1.54) is 0 Å². The van der Waals surface area contributed by atoms with E-state index in [0.29, 0.717) is 31.5 Å². The molecule has 2 rings (SSSR count). The summed E-state index contributed by atoms with van der Waals surface area (Å²) in [4.78, 5) is 0. The highest BCUT2D eigenvalue weighted by Crippen LogP contribution is 2.28. The molecule has 2 aliphatic heterocycles. The molecule has 0 aromatic heterocycles. The molecule has 0 aromatic carbocycles. The van der Waals surface area contributed by atoms with Crippen LogP contribution in [0.25, 0.3) is 0 Å². The lowest BCUT2D eigenvalue weighted by molar-refractivity contribution is 0.185. The minimum Gasteiger partial charge on any atom is -0.318 e. The van der Waals surface area contributed by atoms with Gasteiger partial charge in [0, 0.05) is 32.2 Å². The first-order valence-electron chi connectivity index (χ1n) is 7.86. The van der Waals surface area contributed by atoms with Crippen molar-refractivity contribution in [3.8, 4) is 0 Å². The molecule has 0 amide bonds. The van der Waals surface area contributed by atoms with E-state index >= 15 is 0 Å². The Labute approximate surface area is 123 Å². The number of rotatable bonds is 4. The topological polar surface area (TPSA) is 52.7 Å². The van der Waals surface area contributed by atoms with Crippen molar-refractivity contribution >= 4 is 10.2 Å². The quantitative estimate of drug-likeness (QED) is 0.851. The average Bonchev–Trinajstić information content (AvgIpc) is 2.38. The van der Waals surface area contributed by atoms with Crippen molar-refractivity contribution in [2.24, 2.45) is 11.8 Å². The Morgan fingerprint density at radius 3 is 2.40 bits per heavy atom. The Kier molecular flexibility index (Phi) is 5.45. The van der Waals surface area contributed by atoms with Crippen LogP contribution in [0.2, 0.25) is 0 Å². The van der Waals surface area contributed by atoms with E-state index in [1.807, 2.05) is 7.05 Å². The molecule has 0 radical (unpaired) electrons. The first-order chi connectivity index (χ1) is 9.45. The normalized spacial score (nSPS) is 34.2. The van der Waals surface area contributed by atoms with Gasteiger partial charge in [-0.2, -0.15) is 17.0 Å². The molecule has 5 nitrogen and oxygen atoms in total. The molecular weight excluding hydrogens is 274 g/mol. The van der Waals surface area contributed by atoms with Gasteiger partial charge in [0.05, 0.1) is 0 Å². The Bertz CT molecular complexity index is 401. The van der Waals surface area contributed by atoms with Crippen LogP contribution in [0.4, 0.5) is 0 Å². The Morgan fingerprint density at radius 2 is 1.80 bits per heavy atom. The zero-order valence-electron chi connectivity index (χ0n) is 13.0. The lowest BCUT2D eigenvalue weighted by Crippen LogP contribution is -2.55. The lowest BCUT2D eigenvalue weighted by atomic mass is 9.94. The molecule has 2 heterocycles. The largest absolute Gasteiger partial charge is 0.318 e. The van der Waals surface area contributed by atoms with Gasteiger partial charge in [-0.3, -0.25) is 0 Å². The molecular formula is C14H29N3O2S. The molecule has 2 saturated heterocycles. The standard InChI is InChI=1S/C14H29N3O2S/c1-12-8-13(2)11-16(10-12)20(18,19)17-7-5-4-6-14(17)9-15-3/h12-15H,4-11H2,1-3H3. The fraction of sp³-hybridized carbons (Fsp3) is 1.00. The van der Waals surface area contributed by atoms with E-state index in [4.69, 9.17) is 0 Å². The molecule has 6 heteroatoms. The molecule has 0 spiro atoms. The van der Waals surface area contributed by atoms with Crippen LogP contribution < -0.4 is 5.32 Å². The highest BCUT2D eigenvalue weighted by Gasteiger charge is 2.38. The number of hydrogen-bond donors (Lipinski definition) is 1. The molecule has 0 bridgehead atoms. The van der Waals surface area contributed by atoms with Gasteiger partial charge in [0.15, 0.2) is 0 Å². The van der Waals surface area contributed by atoms with Gasteiger partial charge in [0.25, 0.3) is 10.2 Å². The van der Waals surface area contributed by atoms with Gasteiger partial charge < -0.3 is 5.32 Å². The monoisotopic (exact) mass is 303 g/mol. The number of nitrogens with zero attached hydrogens (tertiary/aromatic N) is 2. The highest BCUT2D eigenvalue weighted by molar-refractivity contribution is 7.86. The van der Waals surface area contributed by atoms with Crippen LogP contribution in [0.1, 0.15) is 39.5 Å². The second kappa shape index (κ2) is 6.73. The average molecular weight is 303 g/mol. The molecule has 3 unspecified atom stereocenters. The van der Waals surface area contributed by atoms with Crippen LogP contribution in [-0.2, 0) is 10.2 Å². The van der Waals surface area contributed by atoms with Crippen LogP contribution in [-0.4, -0.2) is 56.3 Å². The van der Waals surface area contributed by atoms with Gasteiger partial charge in [-0.05, 0) is 38.1 Å². The minimum absolute atomic E-state index is 0.117.